The highest BCUT2D eigenvalue weighted by Crippen LogP contribution is 2.17. The minimum atomic E-state index is -0.337. The smallest absolute Gasteiger partial charge is 0.274 e. The molecule has 0 unspecified atom stereocenters. The zero-order valence-corrected chi connectivity index (χ0v) is 15.5. The fourth-order valence-electron chi connectivity index (χ4n) is 2.79. The quantitative estimate of drug-likeness (QED) is 0.618. The van der Waals surface area contributed by atoms with Gasteiger partial charge in [0, 0.05) is 12.7 Å². The highest BCUT2D eigenvalue weighted by Gasteiger charge is 2.17. The number of hydrogen-bond acceptors (Lipinski definition) is 5. The Hall–Kier alpha value is -3.29. The number of aryl methyl sites for hydroxylation is 2. The number of H-pyrrole nitrogens is 1. The summed E-state index contributed by atoms with van der Waals surface area (Å²) in [7, 11) is 1.68. The molecule has 3 rings (SSSR count). The van der Waals surface area contributed by atoms with Gasteiger partial charge in [0.25, 0.3) is 11.5 Å². The molecule has 0 radical (unpaired) electrons. The average molecular weight is 370 g/mol. The molecule has 142 valence electrons. The molecule has 0 aliphatic heterocycles. The van der Waals surface area contributed by atoms with Gasteiger partial charge in [-0.1, -0.05) is 0 Å². The fourth-order valence-corrected chi connectivity index (χ4v) is 2.79. The molecule has 3 aromatic rings. The topological polar surface area (TPSA) is 98.2 Å². The van der Waals surface area contributed by atoms with E-state index in [2.05, 4.69) is 15.4 Å². The molecule has 0 aliphatic carbocycles. The summed E-state index contributed by atoms with van der Waals surface area (Å²) in [6, 6.07) is 8.89. The largest absolute Gasteiger partial charge is 0.494 e. The molecule has 0 aliphatic rings. The van der Waals surface area contributed by atoms with E-state index in [1.54, 1.807) is 20.0 Å². The van der Waals surface area contributed by atoms with Gasteiger partial charge in [0.05, 0.1) is 24.1 Å². The van der Waals surface area contributed by atoms with Gasteiger partial charge in [-0.15, -0.1) is 0 Å². The molecule has 8 nitrogen and oxygen atoms in total. The van der Waals surface area contributed by atoms with Crippen LogP contribution < -0.4 is 20.3 Å². The number of pyridine rings is 1. The molecule has 0 saturated carbocycles. The van der Waals surface area contributed by atoms with E-state index in [-0.39, 0.29) is 16.9 Å². The van der Waals surface area contributed by atoms with Crippen LogP contribution in [-0.2, 0) is 7.05 Å². The van der Waals surface area contributed by atoms with Crippen molar-refractivity contribution in [3.63, 3.8) is 0 Å². The standard InChI is InChI=1S/C19H22N4O4/c1-4-26-13-5-7-14(8-6-13)27-10-9-20-18(24)15-11-12(2)21-17-16(15)19(25)22-23(17)3/h5-8,11H,4,9-10H2,1-3H3,(H,20,24)(H,22,25). The maximum absolute atomic E-state index is 12.5. The number of nitrogens with zero attached hydrogens (tertiary/aromatic N) is 2. The van der Waals surface area contributed by atoms with Crippen LogP contribution in [0.25, 0.3) is 11.0 Å². The van der Waals surface area contributed by atoms with Gasteiger partial charge in [-0.25, -0.2) is 4.98 Å². The second-order valence-electron chi connectivity index (χ2n) is 6.02. The molecule has 8 heteroatoms. The summed E-state index contributed by atoms with van der Waals surface area (Å²) in [6.07, 6.45) is 0. The van der Waals surface area contributed by atoms with E-state index in [0.29, 0.717) is 42.4 Å². The van der Waals surface area contributed by atoms with Crippen molar-refractivity contribution >= 4 is 16.9 Å². The predicted molar refractivity (Wildman–Crippen MR) is 102 cm³/mol. The Morgan fingerprint density at radius 3 is 2.56 bits per heavy atom. The van der Waals surface area contributed by atoms with Crippen LogP contribution >= 0.6 is 0 Å². The summed E-state index contributed by atoms with van der Waals surface area (Å²) >= 11 is 0. The van der Waals surface area contributed by atoms with E-state index in [9.17, 15) is 9.59 Å². The summed E-state index contributed by atoms with van der Waals surface area (Å²) < 4.78 is 12.5. The van der Waals surface area contributed by atoms with E-state index in [0.717, 1.165) is 5.75 Å². The summed E-state index contributed by atoms with van der Waals surface area (Å²) in [6.45, 7) is 4.92. The second-order valence-corrected chi connectivity index (χ2v) is 6.02. The van der Waals surface area contributed by atoms with Crippen molar-refractivity contribution in [1.82, 2.24) is 20.1 Å². The number of aromatic amines is 1. The van der Waals surface area contributed by atoms with Crippen molar-refractivity contribution in [1.29, 1.82) is 0 Å². The van der Waals surface area contributed by atoms with Crippen molar-refractivity contribution in [2.45, 2.75) is 13.8 Å². The lowest BCUT2D eigenvalue weighted by molar-refractivity contribution is 0.0948. The van der Waals surface area contributed by atoms with E-state index in [1.807, 2.05) is 31.2 Å². The van der Waals surface area contributed by atoms with Crippen molar-refractivity contribution in [2.75, 3.05) is 19.8 Å². The van der Waals surface area contributed by atoms with Crippen molar-refractivity contribution in [2.24, 2.45) is 7.05 Å². The fraction of sp³-hybridized carbons (Fsp3) is 0.316. The summed E-state index contributed by atoms with van der Waals surface area (Å²) in [4.78, 5) is 28.9. The molecule has 2 heterocycles. The minimum Gasteiger partial charge on any atom is -0.494 e. The molecular weight excluding hydrogens is 348 g/mol. The third kappa shape index (κ3) is 4.11. The maximum Gasteiger partial charge on any atom is 0.274 e. The van der Waals surface area contributed by atoms with Gasteiger partial charge in [0.1, 0.15) is 18.1 Å². The first-order valence-corrected chi connectivity index (χ1v) is 8.69. The zero-order chi connectivity index (χ0) is 19.4. The average Bonchev–Trinajstić information content (AvgIpc) is 2.93. The number of aromatic nitrogens is 3. The number of carbonyl (C=O) groups is 1. The van der Waals surface area contributed by atoms with E-state index in [1.165, 1.54) is 4.68 Å². The van der Waals surface area contributed by atoms with Gasteiger partial charge in [-0.2, -0.15) is 0 Å². The second kappa shape index (κ2) is 7.94. The number of benzene rings is 1. The number of fused-ring (bicyclic) bond motifs is 1. The number of nitrogens with one attached hydrogen (secondary N) is 2. The van der Waals surface area contributed by atoms with Crippen molar-refractivity contribution < 1.29 is 14.3 Å². The first kappa shape index (κ1) is 18.5. The number of amides is 1. The predicted octanol–water partition coefficient (Wildman–Crippen LogP) is 1.78. The highest BCUT2D eigenvalue weighted by molar-refractivity contribution is 6.05. The van der Waals surface area contributed by atoms with Crippen LogP contribution in [0.5, 0.6) is 11.5 Å². The molecule has 2 N–H and O–H groups in total. The minimum absolute atomic E-state index is 0.285. The maximum atomic E-state index is 12.5. The number of carbonyl (C=O) groups excluding carboxylic acids is 1. The monoisotopic (exact) mass is 370 g/mol. The summed E-state index contributed by atoms with van der Waals surface area (Å²) in [5.74, 6) is 1.13. The third-order valence-electron chi connectivity index (χ3n) is 3.98. The highest BCUT2D eigenvalue weighted by atomic mass is 16.5. The molecule has 0 atom stereocenters. The molecular formula is C19H22N4O4. The number of rotatable bonds is 7. The van der Waals surface area contributed by atoms with E-state index in [4.69, 9.17) is 9.47 Å². The van der Waals surface area contributed by atoms with Crippen LogP contribution in [0.3, 0.4) is 0 Å². The van der Waals surface area contributed by atoms with Crippen LogP contribution in [-0.4, -0.2) is 40.4 Å². The van der Waals surface area contributed by atoms with Gasteiger partial charge in [-0.05, 0) is 44.2 Å². The lowest BCUT2D eigenvalue weighted by Crippen LogP contribution is -2.29. The van der Waals surface area contributed by atoms with Gasteiger partial charge in [0.15, 0.2) is 5.65 Å². The molecule has 2 aromatic heterocycles. The van der Waals surface area contributed by atoms with Gasteiger partial charge in [0.2, 0.25) is 0 Å². The SMILES string of the molecule is CCOc1ccc(OCCNC(=O)c2cc(C)nc3c2c(=O)[nH]n3C)cc1. The van der Waals surface area contributed by atoms with Crippen LogP contribution in [0, 0.1) is 6.92 Å². The summed E-state index contributed by atoms with van der Waals surface area (Å²) in [5, 5.41) is 5.69. The first-order valence-electron chi connectivity index (χ1n) is 8.69. The lowest BCUT2D eigenvalue weighted by Gasteiger charge is -2.09. The normalized spacial score (nSPS) is 10.8. The van der Waals surface area contributed by atoms with Gasteiger partial charge in [-0.3, -0.25) is 19.4 Å². The number of ether oxygens (including phenoxy) is 2. The molecule has 27 heavy (non-hydrogen) atoms. The Labute approximate surface area is 156 Å². The Kier molecular flexibility index (Phi) is 5.44. The van der Waals surface area contributed by atoms with Crippen molar-refractivity contribution in [3.8, 4) is 11.5 Å². The van der Waals surface area contributed by atoms with E-state index < -0.39 is 0 Å². The molecule has 0 bridgehead atoms. The van der Waals surface area contributed by atoms with Crippen LogP contribution in [0.15, 0.2) is 35.1 Å². The third-order valence-corrected chi connectivity index (χ3v) is 3.98. The van der Waals surface area contributed by atoms with Crippen LogP contribution in [0.1, 0.15) is 23.0 Å². The molecule has 0 saturated heterocycles. The Balaban J connectivity index is 1.61. The Bertz CT molecular complexity index is 1000. The van der Waals surface area contributed by atoms with Crippen LogP contribution in [0.4, 0.5) is 0 Å². The van der Waals surface area contributed by atoms with Gasteiger partial charge < -0.3 is 14.8 Å². The summed E-state index contributed by atoms with van der Waals surface area (Å²) in [5.41, 5.74) is 1.08. The molecule has 1 amide bonds. The van der Waals surface area contributed by atoms with E-state index >= 15 is 0 Å². The molecule has 0 spiro atoms. The Morgan fingerprint density at radius 1 is 1.22 bits per heavy atom. The van der Waals surface area contributed by atoms with Crippen molar-refractivity contribution in [3.05, 3.63) is 51.9 Å². The van der Waals surface area contributed by atoms with Gasteiger partial charge >= 0.3 is 0 Å². The molecule has 0 fully saturated rings. The Morgan fingerprint density at radius 2 is 1.89 bits per heavy atom. The first-order chi connectivity index (χ1) is 13.0. The lowest BCUT2D eigenvalue weighted by atomic mass is 10.1. The zero-order valence-electron chi connectivity index (χ0n) is 15.5. The van der Waals surface area contributed by atoms with Crippen LogP contribution in [0.2, 0.25) is 0 Å². The number of hydrogen-bond donors (Lipinski definition) is 2. The molecule has 1 aromatic carbocycles.